The fraction of sp³-hybridized carbons (Fsp3) is 0.111. The highest BCUT2D eigenvalue weighted by Crippen LogP contribution is 2.34. The van der Waals surface area contributed by atoms with E-state index in [0.29, 0.717) is 22.7 Å². The van der Waals surface area contributed by atoms with Gasteiger partial charge in [0.1, 0.15) is 5.82 Å². The van der Waals surface area contributed by atoms with E-state index in [9.17, 15) is 9.59 Å². The van der Waals surface area contributed by atoms with Gasteiger partial charge in [0.25, 0.3) is 0 Å². The first-order valence-electron chi connectivity index (χ1n) is 17.0. The number of imidazole rings is 1. The molecule has 0 spiro atoms. The molecular formula is C45H47N7O4. The number of aromatic nitrogens is 2. The maximum atomic E-state index is 10.4. The summed E-state index contributed by atoms with van der Waals surface area (Å²) in [6.45, 7) is 4.11. The maximum absolute atomic E-state index is 10.4. The van der Waals surface area contributed by atoms with Crippen LogP contribution in [0.5, 0.6) is 0 Å². The molecule has 0 unspecified atom stereocenters. The minimum Gasteiger partial charge on any atom is -0.478 e. The number of H-pyrrole nitrogens is 1. The molecule has 1 aliphatic rings. The van der Waals surface area contributed by atoms with Crippen LogP contribution in [0.3, 0.4) is 0 Å². The second-order valence-electron chi connectivity index (χ2n) is 12.9. The van der Waals surface area contributed by atoms with Crippen molar-refractivity contribution in [1.82, 2.24) is 9.97 Å². The Balaban J connectivity index is 0.000000200. The summed E-state index contributed by atoms with van der Waals surface area (Å²) in [5.41, 5.74) is 37.5. The first-order chi connectivity index (χ1) is 25.8. The Hall–Kier alpha value is -7.40. The molecule has 6 aromatic carbocycles. The number of carboxylic acid groups (broad SMARTS) is 2. The first kappa shape index (κ1) is 41.4. The number of carboxylic acids is 2. The number of aliphatic imine (C=N–C) groups is 1. The van der Waals surface area contributed by atoms with E-state index in [1.165, 1.54) is 46.0 Å². The highest BCUT2D eigenvalue weighted by molar-refractivity contribution is 6.07. The molecule has 11 heteroatoms. The Morgan fingerprint density at radius 2 is 1.12 bits per heavy atom. The zero-order chi connectivity index (χ0) is 38.5. The van der Waals surface area contributed by atoms with Gasteiger partial charge in [-0.3, -0.25) is 4.99 Å². The Bertz CT molecular complexity index is 2500. The van der Waals surface area contributed by atoms with E-state index >= 15 is 0 Å². The zero-order valence-electron chi connectivity index (χ0n) is 29.7. The average Bonchev–Trinajstić information content (AvgIpc) is 3.76. The van der Waals surface area contributed by atoms with E-state index in [0.717, 1.165) is 51.9 Å². The molecule has 0 atom stereocenters. The van der Waals surface area contributed by atoms with E-state index in [-0.39, 0.29) is 26.0 Å². The second kappa shape index (κ2) is 17.6. The van der Waals surface area contributed by atoms with Crippen molar-refractivity contribution in [3.63, 3.8) is 0 Å². The minimum absolute atomic E-state index is 0. The maximum Gasteiger partial charge on any atom is 0.335 e. The number of nitrogens with one attached hydrogen (secondary N) is 1. The van der Waals surface area contributed by atoms with Crippen molar-refractivity contribution < 1.29 is 19.8 Å². The van der Waals surface area contributed by atoms with E-state index in [1.54, 1.807) is 12.1 Å². The van der Waals surface area contributed by atoms with Crippen LogP contribution in [0.2, 0.25) is 0 Å². The van der Waals surface area contributed by atoms with Crippen LogP contribution in [-0.2, 0) is 6.42 Å². The van der Waals surface area contributed by atoms with Gasteiger partial charge in [-0.2, -0.15) is 0 Å². The average molecular weight is 750 g/mol. The van der Waals surface area contributed by atoms with Crippen LogP contribution in [0.1, 0.15) is 58.1 Å². The van der Waals surface area contributed by atoms with Crippen LogP contribution in [0.15, 0.2) is 126 Å². The molecule has 0 radical (unpaired) electrons. The van der Waals surface area contributed by atoms with Crippen LogP contribution in [0.25, 0.3) is 33.3 Å². The molecule has 11 N–H and O–H groups in total. The number of nitrogen functional groups attached to an aromatic ring is 4. The van der Waals surface area contributed by atoms with Crippen molar-refractivity contribution in [2.24, 2.45) is 4.99 Å². The van der Waals surface area contributed by atoms with Gasteiger partial charge in [0.15, 0.2) is 0 Å². The monoisotopic (exact) mass is 749 g/mol. The third-order valence-corrected chi connectivity index (χ3v) is 8.84. The van der Waals surface area contributed by atoms with Gasteiger partial charge in [-0.1, -0.05) is 75.0 Å². The topological polar surface area (TPSA) is 220 Å². The van der Waals surface area contributed by atoms with Gasteiger partial charge in [0.05, 0.1) is 56.3 Å². The Labute approximate surface area is 326 Å². The van der Waals surface area contributed by atoms with E-state index in [2.05, 4.69) is 77.6 Å². The van der Waals surface area contributed by atoms with Gasteiger partial charge >= 0.3 is 11.9 Å². The number of rotatable bonds is 5. The summed E-state index contributed by atoms with van der Waals surface area (Å²) in [6, 6.07) is 37.7. The molecule has 2 heterocycles. The summed E-state index contributed by atoms with van der Waals surface area (Å²) in [4.78, 5) is 33.4. The lowest BCUT2D eigenvalue weighted by Gasteiger charge is -2.07. The smallest absolute Gasteiger partial charge is 0.335 e. The number of nitrogens with zero attached hydrogens (tertiary/aromatic N) is 2. The van der Waals surface area contributed by atoms with Crippen molar-refractivity contribution in [1.29, 1.82) is 0 Å². The van der Waals surface area contributed by atoms with Gasteiger partial charge in [0, 0.05) is 6.42 Å². The normalized spacial score (nSPS) is 11.0. The molecule has 0 fully saturated rings. The second-order valence-corrected chi connectivity index (χ2v) is 12.9. The first-order valence-corrected chi connectivity index (χ1v) is 17.0. The summed E-state index contributed by atoms with van der Waals surface area (Å²) in [5, 5.41) is 17.0. The van der Waals surface area contributed by atoms with Crippen molar-refractivity contribution >= 4 is 57.1 Å². The largest absolute Gasteiger partial charge is 0.478 e. The van der Waals surface area contributed by atoms with Crippen LogP contribution >= 0.6 is 0 Å². The van der Waals surface area contributed by atoms with Crippen molar-refractivity contribution in [3.8, 4) is 22.3 Å². The van der Waals surface area contributed by atoms with Gasteiger partial charge in [0.2, 0.25) is 0 Å². The fourth-order valence-electron chi connectivity index (χ4n) is 5.98. The van der Waals surface area contributed by atoms with Gasteiger partial charge < -0.3 is 38.1 Å². The molecule has 8 rings (SSSR count). The standard InChI is InChI=1S/C23H19N3.C12H14N4.C8H6O4.2CH4/c1-14-4-3-5-18(10-14)22-13-19-11-16(6-8-20(19)26-22)17-7-9-21-23(12-17)25-15(2)24-21;13-9-3-1-7(5-11(9)15)8-2-4-10(14)12(16)6-8;9-7(10)5-2-1-3-6(4-5)8(11)12;;/h3-12H,13H2,1-2H3,(H,24,25);1-6H,13-16H2;1-4H,(H,9,10)(H,11,12);2*1H4. The lowest BCUT2D eigenvalue weighted by molar-refractivity contribution is 0.0696. The highest BCUT2D eigenvalue weighted by Gasteiger charge is 2.17. The lowest BCUT2D eigenvalue weighted by Crippen LogP contribution is -2.01. The quantitative estimate of drug-likeness (QED) is 0.0832. The number of aromatic carboxylic acids is 2. The summed E-state index contributed by atoms with van der Waals surface area (Å²) < 4.78 is 0. The highest BCUT2D eigenvalue weighted by atomic mass is 16.4. The molecule has 1 aliphatic heterocycles. The lowest BCUT2D eigenvalue weighted by atomic mass is 9.98. The summed E-state index contributed by atoms with van der Waals surface area (Å²) in [5.74, 6) is -1.31. The Morgan fingerprint density at radius 1 is 0.589 bits per heavy atom. The molecule has 0 amide bonds. The van der Waals surface area contributed by atoms with Crippen molar-refractivity contribution in [3.05, 3.63) is 155 Å². The minimum atomic E-state index is -1.13. The summed E-state index contributed by atoms with van der Waals surface area (Å²) >= 11 is 0. The number of fused-ring (bicyclic) bond motifs is 2. The van der Waals surface area contributed by atoms with E-state index in [1.807, 2.05) is 31.2 Å². The third kappa shape index (κ3) is 9.57. The molecule has 11 nitrogen and oxygen atoms in total. The molecule has 0 saturated carbocycles. The molecule has 0 aliphatic carbocycles. The van der Waals surface area contributed by atoms with E-state index in [4.69, 9.17) is 38.1 Å². The predicted octanol–water partition coefficient (Wildman–Crippen LogP) is 9.56. The van der Waals surface area contributed by atoms with Crippen LogP contribution < -0.4 is 22.9 Å². The number of carbonyl (C=O) groups is 2. The number of nitrogens with two attached hydrogens (primary N) is 4. The van der Waals surface area contributed by atoms with E-state index < -0.39 is 11.9 Å². The molecule has 1 aromatic heterocycles. The van der Waals surface area contributed by atoms with Gasteiger partial charge in [-0.25, -0.2) is 14.6 Å². The number of hydrogen-bond donors (Lipinski definition) is 7. The zero-order valence-corrected chi connectivity index (χ0v) is 29.7. The third-order valence-electron chi connectivity index (χ3n) is 8.84. The van der Waals surface area contributed by atoms with Crippen molar-refractivity contribution in [2.75, 3.05) is 22.9 Å². The number of hydrogen-bond acceptors (Lipinski definition) is 8. The van der Waals surface area contributed by atoms with Gasteiger partial charge in [-0.05, 0) is 114 Å². The van der Waals surface area contributed by atoms with Crippen LogP contribution in [0, 0.1) is 13.8 Å². The fourth-order valence-corrected chi connectivity index (χ4v) is 5.98. The summed E-state index contributed by atoms with van der Waals surface area (Å²) in [6.07, 6.45) is 0.887. The predicted molar refractivity (Wildman–Crippen MR) is 231 cm³/mol. The van der Waals surface area contributed by atoms with Crippen LogP contribution in [0.4, 0.5) is 28.4 Å². The van der Waals surface area contributed by atoms with Crippen LogP contribution in [-0.4, -0.2) is 37.8 Å². The molecular weight excluding hydrogens is 703 g/mol. The summed E-state index contributed by atoms with van der Waals surface area (Å²) in [7, 11) is 0. The molecule has 286 valence electrons. The SMILES string of the molecule is C.C.Cc1cccc(C2=Nc3ccc(-c4ccc5nc(C)[nH]c5c4)cc3C2)c1.Nc1ccc(-c2ccc(N)c(N)c2)cc1N.O=C(O)c1cccc(C(=O)O)c1. The molecule has 7 aromatic rings. The molecule has 0 bridgehead atoms. The Morgan fingerprint density at radius 3 is 1.70 bits per heavy atom. The Kier molecular flexibility index (Phi) is 13.0. The number of benzene rings is 6. The van der Waals surface area contributed by atoms with Gasteiger partial charge in [-0.15, -0.1) is 0 Å². The van der Waals surface area contributed by atoms with Crippen molar-refractivity contribution in [2.45, 2.75) is 35.1 Å². The number of aromatic amines is 1. The number of anilines is 4. The molecule has 56 heavy (non-hydrogen) atoms. The molecule has 0 saturated heterocycles. The number of aryl methyl sites for hydroxylation is 2.